The van der Waals surface area contributed by atoms with Crippen molar-refractivity contribution in [3.63, 3.8) is 0 Å². The molecule has 0 aliphatic carbocycles. The Kier molecular flexibility index (Phi) is 4.12. The zero-order valence-electron chi connectivity index (χ0n) is 12.7. The fraction of sp³-hybridized carbons (Fsp3) is 0.118. The predicted molar refractivity (Wildman–Crippen MR) is 91.2 cm³/mol. The lowest BCUT2D eigenvalue weighted by atomic mass is 10.2. The molecule has 23 heavy (non-hydrogen) atoms. The summed E-state index contributed by atoms with van der Waals surface area (Å²) in [4.78, 5) is 16.8. The number of hydrogen-bond acceptors (Lipinski definition) is 3. The highest BCUT2D eigenvalue weighted by Crippen LogP contribution is 2.13. The largest absolute Gasteiger partial charge is 0.295 e. The molecule has 0 spiro atoms. The Morgan fingerprint density at radius 3 is 2.91 bits per heavy atom. The van der Waals surface area contributed by atoms with Gasteiger partial charge >= 0.3 is 0 Å². The first-order chi connectivity index (χ1) is 11.0. The minimum atomic E-state index is -0.307. The minimum Gasteiger partial charge on any atom is -0.295 e. The van der Waals surface area contributed by atoms with Gasteiger partial charge in [0.05, 0.1) is 11.9 Å². The number of aryl methyl sites for hydroxylation is 2. The Labute approximate surface area is 138 Å². The predicted octanol–water partition coefficient (Wildman–Crippen LogP) is 3.37. The number of carbonyl (C=O) groups is 1. The van der Waals surface area contributed by atoms with Crippen LogP contribution in [0.5, 0.6) is 0 Å². The van der Waals surface area contributed by atoms with Crippen LogP contribution in [0.15, 0.2) is 47.7 Å². The first-order valence-electron chi connectivity index (χ1n) is 7.09. The van der Waals surface area contributed by atoms with Crippen molar-refractivity contribution < 1.29 is 4.79 Å². The molecule has 0 unspecified atom stereocenters. The number of aromatic nitrogens is 2. The van der Waals surface area contributed by atoms with E-state index in [-0.39, 0.29) is 5.91 Å². The van der Waals surface area contributed by atoms with Crippen LogP contribution in [0.3, 0.4) is 0 Å². The van der Waals surface area contributed by atoms with Crippen LogP contribution in [-0.4, -0.2) is 21.5 Å². The summed E-state index contributed by atoms with van der Waals surface area (Å²) in [7, 11) is 0. The van der Waals surface area contributed by atoms with E-state index in [1.807, 2.05) is 37.4 Å². The molecular weight excluding hydrogens is 312 g/mol. The molecule has 0 aliphatic rings. The lowest BCUT2D eigenvalue weighted by Gasteiger charge is -2.02. The van der Waals surface area contributed by atoms with Crippen molar-refractivity contribution in [1.82, 2.24) is 14.8 Å². The van der Waals surface area contributed by atoms with E-state index in [9.17, 15) is 4.79 Å². The molecule has 5 nitrogen and oxygen atoms in total. The third kappa shape index (κ3) is 3.24. The Morgan fingerprint density at radius 2 is 2.13 bits per heavy atom. The van der Waals surface area contributed by atoms with Crippen molar-refractivity contribution in [2.45, 2.75) is 13.8 Å². The third-order valence-corrected chi connectivity index (χ3v) is 3.62. The minimum absolute atomic E-state index is 0.307. The summed E-state index contributed by atoms with van der Waals surface area (Å²) >= 11 is 5.91. The van der Waals surface area contributed by atoms with E-state index in [2.05, 4.69) is 15.5 Å². The lowest BCUT2D eigenvalue weighted by Crippen LogP contribution is -2.20. The van der Waals surface area contributed by atoms with Gasteiger partial charge in [0.1, 0.15) is 11.3 Å². The summed E-state index contributed by atoms with van der Waals surface area (Å²) in [6.07, 6.45) is 3.43. The van der Waals surface area contributed by atoms with E-state index in [1.54, 1.807) is 29.7 Å². The Balaban J connectivity index is 1.84. The Hall–Kier alpha value is -2.66. The van der Waals surface area contributed by atoms with Crippen LogP contribution in [0.1, 0.15) is 27.3 Å². The molecule has 1 N–H and O–H groups in total. The summed E-state index contributed by atoms with van der Waals surface area (Å²) in [5.41, 5.74) is 6.26. The van der Waals surface area contributed by atoms with E-state index < -0.39 is 0 Å². The van der Waals surface area contributed by atoms with Crippen LogP contribution < -0.4 is 5.43 Å². The monoisotopic (exact) mass is 326 g/mol. The van der Waals surface area contributed by atoms with Gasteiger partial charge in [-0.3, -0.25) is 9.20 Å². The van der Waals surface area contributed by atoms with E-state index in [0.29, 0.717) is 16.4 Å². The molecule has 0 saturated carbocycles. The number of imidazole rings is 1. The average Bonchev–Trinajstić information content (AvgIpc) is 2.82. The zero-order chi connectivity index (χ0) is 16.4. The number of nitrogens with one attached hydrogen (secondary N) is 1. The van der Waals surface area contributed by atoms with Gasteiger partial charge < -0.3 is 0 Å². The SMILES string of the molecule is Cc1ccc2nc(C)c(C(=O)N/N=C\c3cccc(Cl)c3)n2c1. The summed E-state index contributed by atoms with van der Waals surface area (Å²) in [5, 5.41) is 4.60. The van der Waals surface area contributed by atoms with Gasteiger partial charge in [0, 0.05) is 11.2 Å². The number of pyridine rings is 1. The standard InChI is InChI=1S/C17H15ClN4O/c1-11-6-7-15-20-12(2)16(22(15)10-11)17(23)21-19-9-13-4-3-5-14(18)8-13/h3-10H,1-2H3,(H,21,23)/b19-9-. The highest BCUT2D eigenvalue weighted by atomic mass is 35.5. The van der Waals surface area contributed by atoms with Crippen molar-refractivity contribution in [3.05, 3.63) is 70.1 Å². The van der Waals surface area contributed by atoms with Gasteiger partial charge in [0.15, 0.2) is 0 Å². The van der Waals surface area contributed by atoms with Crippen molar-refractivity contribution in [3.8, 4) is 0 Å². The topological polar surface area (TPSA) is 58.8 Å². The zero-order valence-corrected chi connectivity index (χ0v) is 13.5. The number of carbonyl (C=O) groups excluding carboxylic acids is 1. The normalized spacial score (nSPS) is 11.3. The van der Waals surface area contributed by atoms with E-state index in [0.717, 1.165) is 16.8 Å². The first kappa shape index (κ1) is 15.2. The van der Waals surface area contributed by atoms with Gasteiger partial charge in [0.25, 0.3) is 5.91 Å². The average molecular weight is 327 g/mol. The van der Waals surface area contributed by atoms with Gasteiger partial charge in [-0.2, -0.15) is 5.10 Å². The van der Waals surface area contributed by atoms with E-state index in [4.69, 9.17) is 11.6 Å². The van der Waals surface area contributed by atoms with E-state index in [1.165, 1.54) is 0 Å². The number of benzene rings is 1. The van der Waals surface area contributed by atoms with Crippen LogP contribution in [0, 0.1) is 13.8 Å². The third-order valence-electron chi connectivity index (χ3n) is 3.38. The van der Waals surface area contributed by atoms with Crippen molar-refractivity contribution in [2.24, 2.45) is 5.10 Å². The van der Waals surface area contributed by atoms with Crippen LogP contribution in [0.2, 0.25) is 5.02 Å². The van der Waals surface area contributed by atoms with Gasteiger partial charge in [0.2, 0.25) is 0 Å². The molecule has 2 heterocycles. The molecule has 0 fully saturated rings. The summed E-state index contributed by atoms with van der Waals surface area (Å²) < 4.78 is 1.77. The first-order valence-corrected chi connectivity index (χ1v) is 7.46. The van der Waals surface area contributed by atoms with Gasteiger partial charge in [-0.15, -0.1) is 0 Å². The number of fused-ring (bicyclic) bond motifs is 1. The molecule has 0 bridgehead atoms. The maximum atomic E-state index is 12.4. The molecule has 3 aromatic rings. The summed E-state index contributed by atoms with van der Waals surface area (Å²) in [6, 6.07) is 11.1. The van der Waals surface area contributed by atoms with Crippen molar-refractivity contribution in [1.29, 1.82) is 0 Å². The highest BCUT2D eigenvalue weighted by Gasteiger charge is 2.15. The Bertz CT molecular complexity index is 914. The molecule has 0 radical (unpaired) electrons. The number of amides is 1. The number of hydrogen-bond donors (Lipinski definition) is 1. The van der Waals surface area contributed by atoms with Crippen LogP contribution >= 0.6 is 11.6 Å². The summed E-state index contributed by atoms with van der Waals surface area (Å²) in [5.74, 6) is -0.307. The number of nitrogens with zero attached hydrogens (tertiary/aromatic N) is 3. The number of hydrazone groups is 1. The lowest BCUT2D eigenvalue weighted by molar-refractivity contribution is 0.0948. The summed E-state index contributed by atoms with van der Waals surface area (Å²) in [6.45, 7) is 3.77. The molecule has 1 amide bonds. The fourth-order valence-electron chi connectivity index (χ4n) is 2.35. The molecule has 1 aromatic carbocycles. The second-order valence-electron chi connectivity index (χ2n) is 5.23. The fourth-order valence-corrected chi connectivity index (χ4v) is 2.55. The van der Waals surface area contributed by atoms with Crippen LogP contribution in [0.4, 0.5) is 0 Å². The van der Waals surface area contributed by atoms with E-state index >= 15 is 0 Å². The maximum absolute atomic E-state index is 12.4. The molecule has 6 heteroatoms. The highest BCUT2D eigenvalue weighted by molar-refractivity contribution is 6.30. The van der Waals surface area contributed by atoms with Gasteiger partial charge in [-0.1, -0.05) is 29.8 Å². The molecule has 2 aromatic heterocycles. The second-order valence-corrected chi connectivity index (χ2v) is 5.67. The maximum Gasteiger partial charge on any atom is 0.290 e. The van der Waals surface area contributed by atoms with Gasteiger partial charge in [-0.25, -0.2) is 10.4 Å². The molecule has 0 saturated heterocycles. The van der Waals surface area contributed by atoms with Crippen LogP contribution in [0.25, 0.3) is 5.65 Å². The number of halogens is 1. The van der Waals surface area contributed by atoms with Crippen molar-refractivity contribution >= 4 is 29.4 Å². The molecular formula is C17H15ClN4O. The molecule has 0 atom stereocenters. The van der Waals surface area contributed by atoms with Gasteiger partial charge in [-0.05, 0) is 43.2 Å². The molecule has 116 valence electrons. The number of rotatable bonds is 3. The molecule has 0 aliphatic heterocycles. The quantitative estimate of drug-likeness (QED) is 0.592. The van der Waals surface area contributed by atoms with Crippen LogP contribution in [-0.2, 0) is 0 Å². The Morgan fingerprint density at radius 1 is 1.30 bits per heavy atom. The van der Waals surface area contributed by atoms with Crippen molar-refractivity contribution in [2.75, 3.05) is 0 Å². The smallest absolute Gasteiger partial charge is 0.290 e. The molecule has 3 rings (SSSR count). The second kappa shape index (κ2) is 6.22.